The molecule has 1 atom stereocenters. The third-order valence-electron chi connectivity index (χ3n) is 3.09. The highest BCUT2D eigenvalue weighted by Gasteiger charge is 2.36. The van der Waals surface area contributed by atoms with Gasteiger partial charge in [-0.3, -0.25) is 19.8 Å². The molecule has 0 aromatic carbocycles. The van der Waals surface area contributed by atoms with Gasteiger partial charge >= 0.3 is 5.69 Å². The molecule has 1 aromatic heterocycles. The maximum atomic E-state index is 11.9. The molecule has 0 aliphatic carbocycles. The third-order valence-corrected chi connectivity index (χ3v) is 4.32. The molecular formula is C11H11BrClN3O3. The Morgan fingerprint density at radius 1 is 1.68 bits per heavy atom. The predicted molar refractivity (Wildman–Crippen MR) is 74.5 cm³/mol. The van der Waals surface area contributed by atoms with Crippen LogP contribution in [0.25, 0.3) is 0 Å². The molecule has 0 bridgehead atoms. The van der Waals surface area contributed by atoms with Gasteiger partial charge in [-0.05, 0) is 28.8 Å². The Bertz CT molecular complexity index is 552. The Morgan fingerprint density at radius 3 is 2.89 bits per heavy atom. The summed E-state index contributed by atoms with van der Waals surface area (Å²) in [6.45, 7) is 1.99. The lowest BCUT2D eigenvalue weighted by molar-refractivity contribution is -0.384. The monoisotopic (exact) mass is 347 g/mol. The zero-order valence-corrected chi connectivity index (χ0v) is 12.4. The fourth-order valence-electron chi connectivity index (χ4n) is 2.06. The molecule has 1 saturated heterocycles. The third kappa shape index (κ3) is 2.57. The van der Waals surface area contributed by atoms with E-state index in [-0.39, 0.29) is 23.3 Å². The molecule has 1 fully saturated rings. The van der Waals surface area contributed by atoms with Crippen LogP contribution in [0.3, 0.4) is 0 Å². The van der Waals surface area contributed by atoms with Crippen LogP contribution in [0.4, 0.5) is 11.5 Å². The van der Waals surface area contributed by atoms with Crippen molar-refractivity contribution in [2.45, 2.75) is 13.3 Å². The van der Waals surface area contributed by atoms with Gasteiger partial charge in [-0.1, -0.05) is 0 Å². The van der Waals surface area contributed by atoms with E-state index in [1.807, 2.05) is 0 Å². The lowest BCUT2D eigenvalue weighted by atomic mass is 10.1. The summed E-state index contributed by atoms with van der Waals surface area (Å²) in [6.07, 6.45) is 1.77. The standard InChI is InChI=1S/C11H11BrClN3O3/c1-6-8(12)4-14-11(10(6)16(18)19)15-5-7(3-13)2-9(15)17/h4,7H,2-3,5H2,1H3. The van der Waals surface area contributed by atoms with E-state index in [2.05, 4.69) is 20.9 Å². The number of hydrogen-bond donors (Lipinski definition) is 0. The molecule has 6 nitrogen and oxygen atoms in total. The van der Waals surface area contributed by atoms with Gasteiger partial charge in [0, 0.05) is 35.1 Å². The zero-order valence-electron chi connectivity index (χ0n) is 10.1. The van der Waals surface area contributed by atoms with E-state index in [1.165, 1.54) is 11.1 Å². The molecule has 8 heteroatoms. The number of carbonyl (C=O) groups excluding carboxylic acids is 1. The molecule has 0 radical (unpaired) electrons. The first-order chi connectivity index (χ1) is 8.95. The highest BCUT2D eigenvalue weighted by Crippen LogP contribution is 2.36. The Hall–Kier alpha value is -1.21. The predicted octanol–water partition coefficient (Wildman–Crippen LogP) is 2.65. The van der Waals surface area contributed by atoms with Gasteiger partial charge < -0.3 is 0 Å². The van der Waals surface area contributed by atoms with Gasteiger partial charge in [-0.2, -0.15) is 0 Å². The summed E-state index contributed by atoms with van der Waals surface area (Å²) >= 11 is 8.95. The van der Waals surface area contributed by atoms with E-state index in [1.54, 1.807) is 6.92 Å². The molecule has 1 aliphatic rings. The summed E-state index contributed by atoms with van der Waals surface area (Å²) in [6, 6.07) is 0. The van der Waals surface area contributed by atoms with Crippen molar-refractivity contribution in [3.05, 3.63) is 26.3 Å². The van der Waals surface area contributed by atoms with E-state index in [4.69, 9.17) is 11.6 Å². The second-order valence-electron chi connectivity index (χ2n) is 4.39. The highest BCUT2D eigenvalue weighted by atomic mass is 79.9. The molecule has 2 rings (SSSR count). The van der Waals surface area contributed by atoms with Crippen molar-refractivity contribution in [2.75, 3.05) is 17.3 Å². The fourth-order valence-corrected chi connectivity index (χ4v) is 2.56. The Labute approximate surface area is 123 Å². The fraction of sp³-hybridized carbons (Fsp3) is 0.455. The maximum absolute atomic E-state index is 11.9. The largest absolute Gasteiger partial charge is 0.316 e. The van der Waals surface area contributed by atoms with Gasteiger partial charge in [0.1, 0.15) is 0 Å². The van der Waals surface area contributed by atoms with Crippen LogP contribution in [0.15, 0.2) is 10.7 Å². The molecule has 1 aliphatic heterocycles. The minimum absolute atomic E-state index is 0.0134. The number of hydrogen-bond acceptors (Lipinski definition) is 4. The Balaban J connectivity index is 2.49. The molecule has 0 N–H and O–H groups in total. The van der Waals surface area contributed by atoms with Gasteiger partial charge in [0.15, 0.2) is 0 Å². The summed E-state index contributed by atoms with van der Waals surface area (Å²) in [5.74, 6) is 0.289. The van der Waals surface area contributed by atoms with Crippen molar-refractivity contribution < 1.29 is 9.72 Å². The summed E-state index contributed by atoms with van der Waals surface area (Å²) in [4.78, 5) is 28.0. The number of rotatable bonds is 3. The van der Waals surface area contributed by atoms with E-state index in [0.29, 0.717) is 28.9 Å². The van der Waals surface area contributed by atoms with Gasteiger partial charge in [-0.15, -0.1) is 11.6 Å². The van der Waals surface area contributed by atoms with E-state index >= 15 is 0 Å². The number of aromatic nitrogens is 1. The van der Waals surface area contributed by atoms with Gasteiger partial charge in [-0.25, -0.2) is 4.98 Å². The number of halogens is 2. The molecule has 19 heavy (non-hydrogen) atoms. The Kier molecular flexibility index (Phi) is 4.05. The minimum atomic E-state index is -0.510. The number of nitro groups is 1. The molecule has 1 amide bonds. The minimum Gasteiger partial charge on any atom is -0.291 e. The van der Waals surface area contributed by atoms with Crippen LogP contribution in [-0.4, -0.2) is 28.2 Å². The van der Waals surface area contributed by atoms with Gasteiger partial charge in [0.25, 0.3) is 0 Å². The summed E-state index contributed by atoms with van der Waals surface area (Å²) in [5.41, 5.74) is 0.315. The molecule has 1 unspecified atom stereocenters. The van der Waals surface area contributed by atoms with Crippen molar-refractivity contribution in [3.63, 3.8) is 0 Å². The second-order valence-corrected chi connectivity index (χ2v) is 5.55. The van der Waals surface area contributed by atoms with Crippen molar-refractivity contribution >= 4 is 44.9 Å². The first-order valence-corrected chi connectivity index (χ1v) is 6.94. The van der Waals surface area contributed by atoms with Crippen molar-refractivity contribution in [1.82, 2.24) is 4.98 Å². The summed E-state index contributed by atoms with van der Waals surface area (Å²) in [7, 11) is 0. The first-order valence-electron chi connectivity index (χ1n) is 5.61. The maximum Gasteiger partial charge on any atom is 0.316 e. The molecule has 0 spiro atoms. The average Bonchev–Trinajstić information content (AvgIpc) is 2.73. The van der Waals surface area contributed by atoms with Crippen molar-refractivity contribution in [2.24, 2.45) is 5.92 Å². The number of alkyl halides is 1. The Morgan fingerprint density at radius 2 is 2.37 bits per heavy atom. The van der Waals surface area contributed by atoms with Crippen LogP contribution in [0.1, 0.15) is 12.0 Å². The van der Waals surface area contributed by atoms with E-state index < -0.39 is 4.92 Å². The summed E-state index contributed by atoms with van der Waals surface area (Å²) in [5, 5.41) is 11.2. The number of nitrogens with zero attached hydrogens (tertiary/aromatic N) is 3. The zero-order chi connectivity index (χ0) is 14.2. The van der Waals surface area contributed by atoms with Crippen molar-refractivity contribution in [1.29, 1.82) is 0 Å². The van der Waals surface area contributed by atoms with Crippen LogP contribution in [-0.2, 0) is 4.79 Å². The normalized spacial score (nSPS) is 19.0. The first kappa shape index (κ1) is 14.2. The van der Waals surface area contributed by atoms with Crippen LogP contribution < -0.4 is 4.90 Å². The lowest BCUT2D eigenvalue weighted by Gasteiger charge is -2.16. The van der Waals surface area contributed by atoms with Crippen LogP contribution in [0.5, 0.6) is 0 Å². The van der Waals surface area contributed by atoms with E-state index in [9.17, 15) is 14.9 Å². The van der Waals surface area contributed by atoms with Crippen LogP contribution in [0.2, 0.25) is 0 Å². The molecule has 1 aromatic rings. The average molecular weight is 349 g/mol. The quantitative estimate of drug-likeness (QED) is 0.478. The van der Waals surface area contributed by atoms with Crippen LogP contribution >= 0.6 is 27.5 Å². The van der Waals surface area contributed by atoms with Gasteiger partial charge in [0.2, 0.25) is 11.7 Å². The van der Waals surface area contributed by atoms with E-state index in [0.717, 1.165) is 0 Å². The SMILES string of the molecule is Cc1c(Br)cnc(N2CC(CCl)CC2=O)c1[N+](=O)[O-]. The molecular weight excluding hydrogens is 337 g/mol. The number of amides is 1. The van der Waals surface area contributed by atoms with Gasteiger partial charge in [0.05, 0.1) is 4.92 Å². The topological polar surface area (TPSA) is 76.3 Å². The summed E-state index contributed by atoms with van der Waals surface area (Å²) < 4.78 is 0.545. The number of carbonyl (C=O) groups is 1. The second kappa shape index (κ2) is 5.42. The highest BCUT2D eigenvalue weighted by molar-refractivity contribution is 9.10. The molecule has 0 saturated carbocycles. The van der Waals surface area contributed by atoms with Crippen molar-refractivity contribution in [3.8, 4) is 0 Å². The van der Waals surface area contributed by atoms with Crippen LogP contribution in [0, 0.1) is 23.0 Å². The molecule has 2 heterocycles. The lowest BCUT2D eigenvalue weighted by Crippen LogP contribution is -2.27. The molecule has 102 valence electrons. The number of pyridine rings is 1. The number of anilines is 1. The smallest absolute Gasteiger partial charge is 0.291 e.